The standard InChI is InChI=1S/C17H29N3O3/c1-7-14(21)18-9-17(8-2,10-19-15(22)12(3)4)11-20-16(23)13(5)6/h7,15,19,22H,1,3,5,8-11H2,2,4,6H3,(H,18,21)(H,20,23). The fourth-order valence-corrected chi connectivity index (χ4v) is 1.82. The minimum absolute atomic E-state index is 0.238. The Balaban J connectivity index is 4.99. The third-order valence-electron chi connectivity index (χ3n) is 3.72. The molecule has 0 fully saturated rings. The highest BCUT2D eigenvalue weighted by Crippen LogP contribution is 2.20. The van der Waals surface area contributed by atoms with Crippen LogP contribution in [0.4, 0.5) is 0 Å². The van der Waals surface area contributed by atoms with Crippen molar-refractivity contribution in [3.63, 3.8) is 0 Å². The number of hydrogen-bond donors (Lipinski definition) is 4. The number of hydrogen-bond acceptors (Lipinski definition) is 4. The molecule has 0 aromatic rings. The quantitative estimate of drug-likeness (QED) is 0.258. The summed E-state index contributed by atoms with van der Waals surface area (Å²) in [4.78, 5) is 23.2. The van der Waals surface area contributed by atoms with E-state index >= 15 is 0 Å². The molecule has 2 amide bonds. The van der Waals surface area contributed by atoms with Crippen molar-refractivity contribution in [3.8, 4) is 0 Å². The third kappa shape index (κ3) is 7.76. The maximum Gasteiger partial charge on any atom is 0.246 e. The number of amides is 2. The zero-order valence-corrected chi connectivity index (χ0v) is 14.4. The maximum atomic E-state index is 11.7. The van der Waals surface area contributed by atoms with Crippen molar-refractivity contribution in [3.05, 3.63) is 37.0 Å². The summed E-state index contributed by atoms with van der Waals surface area (Å²) >= 11 is 0. The molecule has 2 unspecified atom stereocenters. The van der Waals surface area contributed by atoms with Gasteiger partial charge in [0.15, 0.2) is 0 Å². The van der Waals surface area contributed by atoms with Crippen LogP contribution in [0.25, 0.3) is 0 Å². The lowest BCUT2D eigenvalue weighted by Crippen LogP contribution is -2.52. The summed E-state index contributed by atoms with van der Waals surface area (Å²) in [7, 11) is 0. The Kier molecular flexibility index (Phi) is 9.14. The largest absolute Gasteiger partial charge is 0.375 e. The van der Waals surface area contributed by atoms with E-state index < -0.39 is 11.6 Å². The Hall–Kier alpha value is -1.92. The van der Waals surface area contributed by atoms with E-state index in [0.29, 0.717) is 37.2 Å². The first-order valence-electron chi connectivity index (χ1n) is 7.58. The van der Waals surface area contributed by atoms with Gasteiger partial charge in [0.05, 0.1) is 0 Å². The van der Waals surface area contributed by atoms with Crippen LogP contribution in [0.2, 0.25) is 0 Å². The predicted molar refractivity (Wildman–Crippen MR) is 92.6 cm³/mol. The van der Waals surface area contributed by atoms with Gasteiger partial charge in [0, 0.05) is 30.6 Å². The van der Waals surface area contributed by atoms with E-state index in [2.05, 4.69) is 35.7 Å². The van der Waals surface area contributed by atoms with Crippen LogP contribution in [0.5, 0.6) is 0 Å². The van der Waals surface area contributed by atoms with E-state index in [1.165, 1.54) is 6.08 Å². The molecule has 0 saturated carbocycles. The van der Waals surface area contributed by atoms with Crippen LogP contribution in [0.1, 0.15) is 27.2 Å². The second kappa shape index (κ2) is 9.97. The number of aliphatic hydroxyl groups is 1. The first-order chi connectivity index (χ1) is 10.7. The number of nitrogens with one attached hydrogen (secondary N) is 3. The normalized spacial score (nSPS) is 14.3. The van der Waals surface area contributed by atoms with Crippen molar-refractivity contribution < 1.29 is 14.7 Å². The van der Waals surface area contributed by atoms with E-state index in [-0.39, 0.29) is 11.8 Å². The summed E-state index contributed by atoms with van der Waals surface area (Å²) in [6.07, 6.45) is 1.03. The van der Waals surface area contributed by atoms with E-state index in [9.17, 15) is 14.7 Å². The fraction of sp³-hybridized carbons (Fsp3) is 0.529. The molecule has 0 spiro atoms. The average molecular weight is 323 g/mol. The Bertz CT molecular complexity index is 474. The molecule has 0 bridgehead atoms. The number of carbonyl (C=O) groups is 2. The van der Waals surface area contributed by atoms with Crippen LogP contribution in [0.3, 0.4) is 0 Å². The van der Waals surface area contributed by atoms with Crippen LogP contribution in [0.15, 0.2) is 37.0 Å². The van der Waals surface area contributed by atoms with Gasteiger partial charge in [-0.15, -0.1) is 0 Å². The smallest absolute Gasteiger partial charge is 0.246 e. The Morgan fingerprint density at radius 3 is 2.17 bits per heavy atom. The minimum atomic E-state index is -0.840. The monoisotopic (exact) mass is 323 g/mol. The molecule has 0 aliphatic heterocycles. The van der Waals surface area contributed by atoms with Gasteiger partial charge in [-0.05, 0) is 31.9 Å². The van der Waals surface area contributed by atoms with Gasteiger partial charge in [0.2, 0.25) is 11.8 Å². The van der Waals surface area contributed by atoms with Gasteiger partial charge in [-0.2, -0.15) is 0 Å². The molecule has 0 heterocycles. The Labute approximate surface area is 138 Å². The SMILES string of the molecule is C=CC(=O)NCC(CC)(CNC(=O)C(=C)C)CNC(O)C(=C)C. The summed E-state index contributed by atoms with van der Waals surface area (Å²) in [6.45, 7) is 17.1. The van der Waals surface area contributed by atoms with E-state index in [4.69, 9.17) is 0 Å². The minimum Gasteiger partial charge on any atom is -0.375 e. The highest BCUT2D eigenvalue weighted by Gasteiger charge is 2.30. The lowest BCUT2D eigenvalue weighted by atomic mass is 9.84. The molecule has 0 aromatic carbocycles. The van der Waals surface area contributed by atoms with Crippen molar-refractivity contribution in [2.75, 3.05) is 19.6 Å². The summed E-state index contributed by atoms with van der Waals surface area (Å²) in [6, 6.07) is 0. The second-order valence-corrected chi connectivity index (χ2v) is 5.87. The van der Waals surface area contributed by atoms with Crippen molar-refractivity contribution in [1.82, 2.24) is 16.0 Å². The highest BCUT2D eigenvalue weighted by molar-refractivity contribution is 5.92. The highest BCUT2D eigenvalue weighted by atomic mass is 16.3. The first-order valence-corrected chi connectivity index (χ1v) is 7.58. The van der Waals surface area contributed by atoms with Crippen molar-refractivity contribution in [1.29, 1.82) is 0 Å². The molecule has 0 aliphatic rings. The summed E-state index contributed by atoms with van der Waals surface area (Å²) in [5.41, 5.74) is 0.552. The third-order valence-corrected chi connectivity index (χ3v) is 3.72. The van der Waals surface area contributed by atoms with Crippen LogP contribution in [0, 0.1) is 5.41 Å². The van der Waals surface area contributed by atoms with Crippen LogP contribution >= 0.6 is 0 Å². The van der Waals surface area contributed by atoms with Crippen molar-refractivity contribution >= 4 is 11.8 Å². The lowest BCUT2D eigenvalue weighted by molar-refractivity contribution is -0.118. The Morgan fingerprint density at radius 1 is 1.17 bits per heavy atom. The van der Waals surface area contributed by atoms with Crippen molar-refractivity contribution in [2.45, 2.75) is 33.4 Å². The molecule has 0 aromatic heterocycles. The average Bonchev–Trinajstić information content (AvgIpc) is 2.53. The molecule has 2 atom stereocenters. The van der Waals surface area contributed by atoms with E-state index in [1.54, 1.807) is 13.8 Å². The predicted octanol–water partition coefficient (Wildman–Crippen LogP) is 0.861. The molecule has 0 saturated heterocycles. The Morgan fingerprint density at radius 2 is 1.74 bits per heavy atom. The lowest BCUT2D eigenvalue weighted by Gasteiger charge is -2.34. The molecular formula is C17H29N3O3. The molecule has 0 radical (unpaired) electrons. The van der Waals surface area contributed by atoms with Crippen LogP contribution in [-0.4, -0.2) is 42.8 Å². The molecule has 6 nitrogen and oxygen atoms in total. The summed E-state index contributed by atoms with van der Waals surface area (Å²) in [5.74, 6) is -0.521. The summed E-state index contributed by atoms with van der Waals surface area (Å²) in [5, 5.41) is 18.4. The van der Waals surface area contributed by atoms with E-state index in [0.717, 1.165) is 0 Å². The van der Waals surface area contributed by atoms with Gasteiger partial charge in [0.25, 0.3) is 0 Å². The second-order valence-electron chi connectivity index (χ2n) is 5.87. The van der Waals surface area contributed by atoms with Gasteiger partial charge in [-0.1, -0.05) is 26.7 Å². The van der Waals surface area contributed by atoms with Gasteiger partial charge in [-0.3, -0.25) is 14.9 Å². The summed E-state index contributed by atoms with van der Waals surface area (Å²) < 4.78 is 0. The molecule has 6 heteroatoms. The zero-order valence-electron chi connectivity index (χ0n) is 14.4. The van der Waals surface area contributed by atoms with Gasteiger partial charge < -0.3 is 15.7 Å². The molecule has 0 aliphatic carbocycles. The van der Waals surface area contributed by atoms with Crippen LogP contribution in [-0.2, 0) is 9.59 Å². The zero-order chi connectivity index (χ0) is 18.0. The number of rotatable bonds is 11. The number of aliphatic hydroxyl groups excluding tert-OH is 1. The molecule has 130 valence electrons. The molecular weight excluding hydrogens is 294 g/mol. The first kappa shape index (κ1) is 21.1. The van der Waals surface area contributed by atoms with Crippen LogP contribution < -0.4 is 16.0 Å². The maximum absolute atomic E-state index is 11.7. The molecule has 0 rings (SSSR count). The van der Waals surface area contributed by atoms with Crippen molar-refractivity contribution in [2.24, 2.45) is 5.41 Å². The number of carbonyl (C=O) groups excluding carboxylic acids is 2. The fourth-order valence-electron chi connectivity index (χ4n) is 1.82. The van der Waals surface area contributed by atoms with Gasteiger partial charge in [0.1, 0.15) is 6.23 Å². The topological polar surface area (TPSA) is 90.5 Å². The van der Waals surface area contributed by atoms with Gasteiger partial charge in [-0.25, -0.2) is 0 Å². The van der Waals surface area contributed by atoms with Gasteiger partial charge >= 0.3 is 0 Å². The molecule has 4 N–H and O–H groups in total. The molecule has 23 heavy (non-hydrogen) atoms. The van der Waals surface area contributed by atoms with E-state index in [1.807, 2.05) is 6.92 Å².